The van der Waals surface area contributed by atoms with Crippen molar-refractivity contribution < 1.29 is 9.59 Å². The molecule has 150 valence electrons. The summed E-state index contributed by atoms with van der Waals surface area (Å²) >= 11 is 7.53. The number of halogens is 1. The van der Waals surface area contributed by atoms with Gasteiger partial charge in [-0.25, -0.2) is 0 Å². The zero-order chi connectivity index (χ0) is 20.5. The SMILES string of the molecule is CCC(C(=O)NC)N(Cc1ccc(Cl)cc1)C(=O)CSCc1ccc(C)cc1. The maximum absolute atomic E-state index is 13.0. The van der Waals surface area contributed by atoms with E-state index in [1.54, 1.807) is 35.8 Å². The van der Waals surface area contributed by atoms with Gasteiger partial charge >= 0.3 is 0 Å². The highest BCUT2D eigenvalue weighted by atomic mass is 35.5. The molecule has 0 aromatic heterocycles. The molecule has 2 rings (SSSR count). The second kappa shape index (κ2) is 11.1. The molecule has 0 saturated carbocycles. The van der Waals surface area contributed by atoms with E-state index in [4.69, 9.17) is 11.6 Å². The molecule has 2 aromatic rings. The molecule has 0 spiro atoms. The normalized spacial score (nSPS) is 11.7. The van der Waals surface area contributed by atoms with Crippen LogP contribution in [0.15, 0.2) is 48.5 Å². The minimum Gasteiger partial charge on any atom is -0.357 e. The number of hydrogen-bond donors (Lipinski definition) is 1. The maximum atomic E-state index is 13.0. The molecule has 6 heteroatoms. The maximum Gasteiger partial charge on any atom is 0.242 e. The van der Waals surface area contributed by atoms with Crippen molar-refractivity contribution >= 4 is 35.2 Å². The number of nitrogens with one attached hydrogen (secondary N) is 1. The van der Waals surface area contributed by atoms with Crippen LogP contribution in [0, 0.1) is 6.92 Å². The molecule has 2 aromatic carbocycles. The Hall–Kier alpha value is -1.98. The fraction of sp³-hybridized carbons (Fsp3) is 0.364. The van der Waals surface area contributed by atoms with Crippen molar-refractivity contribution in [1.29, 1.82) is 0 Å². The molecule has 0 bridgehead atoms. The molecule has 0 aliphatic rings. The van der Waals surface area contributed by atoms with Gasteiger partial charge in [0.1, 0.15) is 6.04 Å². The van der Waals surface area contributed by atoms with E-state index in [9.17, 15) is 9.59 Å². The first-order valence-electron chi connectivity index (χ1n) is 9.33. The van der Waals surface area contributed by atoms with Crippen LogP contribution in [-0.2, 0) is 21.9 Å². The minimum absolute atomic E-state index is 0.0393. The van der Waals surface area contributed by atoms with E-state index < -0.39 is 6.04 Å². The average molecular weight is 419 g/mol. The molecule has 0 aliphatic heterocycles. The highest BCUT2D eigenvalue weighted by Gasteiger charge is 2.27. The first kappa shape index (κ1) is 22.3. The Balaban J connectivity index is 2.07. The summed E-state index contributed by atoms with van der Waals surface area (Å²) in [5.74, 6) is 0.905. The number of carbonyl (C=O) groups excluding carboxylic acids is 2. The Labute approximate surface area is 176 Å². The van der Waals surface area contributed by atoms with Crippen molar-refractivity contribution in [2.45, 2.75) is 38.6 Å². The molecule has 0 heterocycles. The predicted octanol–water partition coefficient (Wildman–Crippen LogP) is 4.44. The second-order valence-corrected chi connectivity index (χ2v) is 8.09. The summed E-state index contributed by atoms with van der Waals surface area (Å²) < 4.78 is 0. The van der Waals surface area contributed by atoms with Crippen molar-refractivity contribution in [3.05, 3.63) is 70.2 Å². The molecule has 4 nitrogen and oxygen atoms in total. The molecular weight excluding hydrogens is 392 g/mol. The third kappa shape index (κ3) is 6.57. The average Bonchev–Trinajstić information content (AvgIpc) is 2.70. The molecule has 0 saturated heterocycles. The van der Waals surface area contributed by atoms with Gasteiger partial charge in [-0.3, -0.25) is 9.59 Å². The Kier molecular flexibility index (Phi) is 8.87. The largest absolute Gasteiger partial charge is 0.357 e. The van der Waals surface area contributed by atoms with Gasteiger partial charge in [-0.1, -0.05) is 60.5 Å². The smallest absolute Gasteiger partial charge is 0.242 e. The van der Waals surface area contributed by atoms with Gasteiger partial charge in [0.15, 0.2) is 0 Å². The summed E-state index contributed by atoms with van der Waals surface area (Å²) in [5.41, 5.74) is 3.35. The number of likely N-dealkylation sites (N-methyl/N-ethyl adjacent to an activating group) is 1. The summed E-state index contributed by atoms with van der Waals surface area (Å²) in [6, 6.07) is 15.2. The lowest BCUT2D eigenvalue weighted by atomic mass is 10.1. The van der Waals surface area contributed by atoms with Gasteiger partial charge in [0.2, 0.25) is 11.8 Å². The number of rotatable bonds is 9. The van der Waals surface area contributed by atoms with Crippen molar-refractivity contribution in [2.75, 3.05) is 12.8 Å². The lowest BCUT2D eigenvalue weighted by Gasteiger charge is -2.30. The van der Waals surface area contributed by atoms with Crippen LogP contribution in [-0.4, -0.2) is 35.6 Å². The van der Waals surface area contributed by atoms with E-state index in [-0.39, 0.29) is 11.8 Å². The van der Waals surface area contributed by atoms with Gasteiger partial charge in [-0.05, 0) is 36.6 Å². The lowest BCUT2D eigenvalue weighted by molar-refractivity contribution is -0.139. The van der Waals surface area contributed by atoms with Crippen LogP contribution < -0.4 is 5.32 Å². The molecule has 0 fully saturated rings. The van der Waals surface area contributed by atoms with E-state index in [0.717, 1.165) is 11.3 Å². The minimum atomic E-state index is -0.492. The summed E-state index contributed by atoms with van der Waals surface area (Å²) in [6.45, 7) is 4.35. The van der Waals surface area contributed by atoms with E-state index in [1.165, 1.54) is 11.1 Å². The number of carbonyl (C=O) groups is 2. The molecule has 1 unspecified atom stereocenters. The van der Waals surface area contributed by atoms with Gasteiger partial charge < -0.3 is 10.2 Å². The van der Waals surface area contributed by atoms with Crippen LogP contribution in [0.2, 0.25) is 5.02 Å². The summed E-state index contributed by atoms with van der Waals surface area (Å²) in [5, 5.41) is 3.32. The number of hydrogen-bond acceptors (Lipinski definition) is 3. The van der Waals surface area contributed by atoms with Gasteiger partial charge in [-0.15, -0.1) is 11.8 Å². The van der Waals surface area contributed by atoms with Crippen molar-refractivity contribution in [3.63, 3.8) is 0 Å². The summed E-state index contributed by atoms with van der Waals surface area (Å²) in [4.78, 5) is 27.0. The quantitative estimate of drug-likeness (QED) is 0.655. The Morgan fingerprint density at radius 3 is 2.25 bits per heavy atom. The van der Waals surface area contributed by atoms with Crippen molar-refractivity contribution in [3.8, 4) is 0 Å². The first-order chi connectivity index (χ1) is 13.4. The van der Waals surface area contributed by atoms with E-state index in [0.29, 0.717) is 23.7 Å². The molecule has 1 atom stereocenters. The van der Waals surface area contributed by atoms with Crippen LogP contribution in [0.25, 0.3) is 0 Å². The van der Waals surface area contributed by atoms with Gasteiger partial charge in [-0.2, -0.15) is 0 Å². The lowest BCUT2D eigenvalue weighted by Crippen LogP contribution is -2.48. The van der Waals surface area contributed by atoms with E-state index in [2.05, 4.69) is 36.5 Å². The van der Waals surface area contributed by atoms with Gasteiger partial charge in [0, 0.05) is 24.4 Å². The molecule has 0 aliphatic carbocycles. The summed E-state index contributed by atoms with van der Waals surface area (Å²) in [7, 11) is 1.60. The van der Waals surface area contributed by atoms with Gasteiger partial charge in [0.25, 0.3) is 0 Å². The van der Waals surface area contributed by atoms with Crippen LogP contribution in [0.3, 0.4) is 0 Å². The molecule has 1 N–H and O–H groups in total. The number of aryl methyl sites for hydroxylation is 1. The van der Waals surface area contributed by atoms with Crippen LogP contribution in [0.1, 0.15) is 30.0 Å². The number of amides is 2. The van der Waals surface area contributed by atoms with E-state index in [1.807, 2.05) is 19.1 Å². The number of thioether (sulfide) groups is 1. The molecule has 0 radical (unpaired) electrons. The third-order valence-electron chi connectivity index (χ3n) is 4.51. The van der Waals surface area contributed by atoms with E-state index >= 15 is 0 Å². The van der Waals surface area contributed by atoms with Crippen LogP contribution in [0.5, 0.6) is 0 Å². The van der Waals surface area contributed by atoms with Crippen LogP contribution in [0.4, 0.5) is 0 Å². The fourth-order valence-electron chi connectivity index (χ4n) is 2.90. The fourth-order valence-corrected chi connectivity index (χ4v) is 3.89. The van der Waals surface area contributed by atoms with Crippen LogP contribution >= 0.6 is 23.4 Å². The monoisotopic (exact) mass is 418 g/mol. The molecular formula is C22H27ClN2O2S. The van der Waals surface area contributed by atoms with Crippen molar-refractivity contribution in [1.82, 2.24) is 10.2 Å². The highest BCUT2D eigenvalue weighted by molar-refractivity contribution is 7.99. The number of nitrogens with zero attached hydrogens (tertiary/aromatic N) is 1. The topological polar surface area (TPSA) is 49.4 Å². The summed E-state index contributed by atoms with van der Waals surface area (Å²) in [6.07, 6.45) is 0.557. The predicted molar refractivity (Wildman–Crippen MR) is 117 cm³/mol. The third-order valence-corrected chi connectivity index (χ3v) is 5.75. The second-order valence-electron chi connectivity index (χ2n) is 6.66. The van der Waals surface area contributed by atoms with Crippen molar-refractivity contribution in [2.24, 2.45) is 0 Å². The zero-order valence-corrected chi connectivity index (χ0v) is 18.1. The molecule has 28 heavy (non-hydrogen) atoms. The Morgan fingerprint density at radius 2 is 1.68 bits per heavy atom. The highest BCUT2D eigenvalue weighted by Crippen LogP contribution is 2.18. The first-order valence-corrected chi connectivity index (χ1v) is 10.9. The standard InChI is InChI=1S/C22H27ClN2O2S/c1-4-20(22(27)24-3)25(13-17-9-11-19(23)12-10-17)21(26)15-28-14-18-7-5-16(2)6-8-18/h5-12,20H,4,13-15H2,1-3H3,(H,24,27). The Morgan fingerprint density at radius 1 is 1.07 bits per heavy atom. The molecule has 2 amide bonds. The zero-order valence-electron chi connectivity index (χ0n) is 16.6. The Bertz CT molecular complexity index is 778. The number of benzene rings is 2. The van der Waals surface area contributed by atoms with Gasteiger partial charge in [0.05, 0.1) is 5.75 Å².